The van der Waals surface area contributed by atoms with Gasteiger partial charge in [-0.05, 0) is 36.4 Å². The van der Waals surface area contributed by atoms with Crippen molar-refractivity contribution in [2.45, 2.75) is 6.18 Å². The van der Waals surface area contributed by atoms with Crippen LogP contribution in [0.3, 0.4) is 0 Å². The lowest BCUT2D eigenvalue weighted by Crippen LogP contribution is -2.13. The minimum atomic E-state index is -4.76. The molecule has 0 aliphatic rings. The molecule has 5 nitrogen and oxygen atoms in total. The Hall–Kier alpha value is -3.30. The van der Waals surface area contributed by atoms with E-state index in [1.807, 2.05) is 0 Å². The van der Waals surface area contributed by atoms with E-state index >= 15 is 0 Å². The first-order valence-electron chi connectivity index (χ1n) is 7.01. The highest BCUT2D eigenvalue weighted by Crippen LogP contribution is 2.30. The number of hydrogen-bond donors (Lipinski definition) is 1. The summed E-state index contributed by atoms with van der Waals surface area (Å²) in [5.74, 6) is -4.28. The molecule has 0 radical (unpaired) electrons. The lowest BCUT2D eigenvalue weighted by molar-refractivity contribution is -0.156. The highest BCUT2D eigenvalue weighted by atomic mass is 19.4. The molecule has 1 aromatic heterocycles. The van der Waals surface area contributed by atoms with Crippen molar-refractivity contribution < 1.29 is 31.2 Å². The van der Waals surface area contributed by atoms with Gasteiger partial charge < -0.3 is 9.73 Å². The Bertz CT molecular complexity index is 951. The number of anilines is 1. The number of amides is 1. The van der Waals surface area contributed by atoms with E-state index in [-0.39, 0.29) is 22.7 Å². The van der Waals surface area contributed by atoms with E-state index in [2.05, 4.69) is 19.9 Å². The molecule has 0 saturated carbocycles. The molecule has 0 aliphatic carbocycles. The largest absolute Gasteiger partial charge is 0.470 e. The van der Waals surface area contributed by atoms with Gasteiger partial charge >= 0.3 is 12.1 Å². The van der Waals surface area contributed by atoms with Crippen LogP contribution in [0.5, 0.6) is 0 Å². The Morgan fingerprint density at radius 2 is 1.69 bits per heavy atom. The Balaban J connectivity index is 1.76. The number of hydrogen-bond acceptors (Lipinski definition) is 4. The molecule has 26 heavy (non-hydrogen) atoms. The van der Waals surface area contributed by atoms with Crippen molar-refractivity contribution in [1.29, 1.82) is 0 Å². The summed E-state index contributed by atoms with van der Waals surface area (Å²) in [7, 11) is 0. The topological polar surface area (TPSA) is 68.0 Å². The number of carbonyl (C=O) groups is 1. The first kappa shape index (κ1) is 17.5. The number of aromatic nitrogens is 2. The van der Waals surface area contributed by atoms with Crippen LogP contribution in [0.1, 0.15) is 16.2 Å². The monoisotopic (exact) mass is 369 g/mol. The SMILES string of the molecule is O=C(Nc1ccc(F)cc1F)c1ccc(-c2nnc(C(F)(F)F)o2)cc1. The Labute approximate surface area is 142 Å². The van der Waals surface area contributed by atoms with Crippen molar-refractivity contribution in [3.8, 4) is 11.5 Å². The van der Waals surface area contributed by atoms with Crippen molar-refractivity contribution >= 4 is 11.6 Å². The van der Waals surface area contributed by atoms with Gasteiger partial charge in [0.15, 0.2) is 0 Å². The van der Waals surface area contributed by atoms with Crippen LogP contribution in [-0.2, 0) is 6.18 Å². The van der Waals surface area contributed by atoms with Crippen molar-refractivity contribution in [3.63, 3.8) is 0 Å². The molecule has 0 saturated heterocycles. The van der Waals surface area contributed by atoms with Gasteiger partial charge in [0.05, 0.1) is 5.69 Å². The summed E-state index contributed by atoms with van der Waals surface area (Å²) >= 11 is 0. The molecule has 3 aromatic rings. The third-order valence-corrected chi connectivity index (χ3v) is 3.24. The molecule has 0 unspecified atom stereocenters. The maximum Gasteiger partial charge on any atom is 0.470 e. The minimum Gasteiger partial charge on any atom is -0.413 e. The standard InChI is InChI=1S/C16H8F5N3O2/c17-10-5-6-12(11(18)7-10)22-13(25)8-1-3-9(4-2-8)14-23-24-15(26-14)16(19,20)21/h1-7H,(H,22,25). The number of carbonyl (C=O) groups excluding carboxylic acids is 1. The first-order valence-corrected chi connectivity index (χ1v) is 7.01. The quantitative estimate of drug-likeness (QED) is 0.700. The van der Waals surface area contributed by atoms with E-state index < -0.39 is 29.6 Å². The number of alkyl halides is 3. The summed E-state index contributed by atoms with van der Waals surface area (Å²) in [5.41, 5.74) is 0.0396. The van der Waals surface area contributed by atoms with Crippen LogP contribution in [0.15, 0.2) is 46.9 Å². The smallest absolute Gasteiger partial charge is 0.413 e. The zero-order valence-electron chi connectivity index (χ0n) is 12.6. The van der Waals surface area contributed by atoms with Crippen LogP contribution in [0.25, 0.3) is 11.5 Å². The highest BCUT2D eigenvalue weighted by Gasteiger charge is 2.38. The van der Waals surface area contributed by atoms with Gasteiger partial charge in [-0.15, -0.1) is 10.2 Å². The molecular formula is C16H8F5N3O2. The van der Waals surface area contributed by atoms with Crippen LogP contribution in [0.2, 0.25) is 0 Å². The van der Waals surface area contributed by atoms with Gasteiger partial charge in [-0.2, -0.15) is 13.2 Å². The summed E-state index contributed by atoms with van der Waals surface area (Å²) in [5, 5.41) is 8.45. The van der Waals surface area contributed by atoms with E-state index in [9.17, 15) is 26.7 Å². The van der Waals surface area contributed by atoms with Gasteiger partial charge in [-0.3, -0.25) is 4.79 Å². The Kier molecular flexibility index (Phi) is 4.41. The van der Waals surface area contributed by atoms with Gasteiger partial charge in [0.1, 0.15) is 11.6 Å². The van der Waals surface area contributed by atoms with E-state index in [1.165, 1.54) is 24.3 Å². The maximum atomic E-state index is 13.5. The average Bonchev–Trinajstić information content (AvgIpc) is 3.08. The first-order chi connectivity index (χ1) is 12.2. The fourth-order valence-electron chi connectivity index (χ4n) is 2.00. The third kappa shape index (κ3) is 3.68. The number of nitrogens with zero attached hydrogens (tertiary/aromatic N) is 2. The average molecular weight is 369 g/mol. The zero-order valence-corrected chi connectivity index (χ0v) is 12.6. The van der Waals surface area contributed by atoms with Crippen LogP contribution in [-0.4, -0.2) is 16.1 Å². The van der Waals surface area contributed by atoms with Crippen LogP contribution in [0, 0.1) is 11.6 Å². The van der Waals surface area contributed by atoms with Gasteiger partial charge in [-0.1, -0.05) is 0 Å². The maximum absolute atomic E-state index is 13.5. The van der Waals surface area contributed by atoms with E-state index in [4.69, 9.17) is 0 Å². The summed E-state index contributed by atoms with van der Waals surface area (Å²) < 4.78 is 68.3. The Morgan fingerprint density at radius 1 is 1.00 bits per heavy atom. The Morgan fingerprint density at radius 3 is 2.27 bits per heavy atom. The molecule has 0 bridgehead atoms. The predicted octanol–water partition coefficient (Wildman–Crippen LogP) is 4.29. The van der Waals surface area contributed by atoms with E-state index in [0.717, 1.165) is 12.1 Å². The second-order valence-electron chi connectivity index (χ2n) is 5.07. The normalized spacial score (nSPS) is 11.4. The fraction of sp³-hybridized carbons (Fsp3) is 0.0625. The molecule has 2 aromatic carbocycles. The molecule has 0 aliphatic heterocycles. The van der Waals surface area contributed by atoms with Crippen LogP contribution >= 0.6 is 0 Å². The summed E-state index contributed by atoms with van der Waals surface area (Å²) in [6.45, 7) is 0. The number of benzene rings is 2. The lowest BCUT2D eigenvalue weighted by Gasteiger charge is -2.06. The number of nitrogens with one attached hydrogen (secondary N) is 1. The summed E-state index contributed by atoms with van der Waals surface area (Å²) in [6.07, 6.45) is -4.76. The van der Waals surface area contributed by atoms with E-state index in [0.29, 0.717) is 6.07 Å². The molecule has 0 fully saturated rings. The lowest BCUT2D eigenvalue weighted by atomic mass is 10.1. The van der Waals surface area contributed by atoms with Crippen LogP contribution < -0.4 is 5.32 Å². The molecule has 1 amide bonds. The fourth-order valence-corrected chi connectivity index (χ4v) is 2.00. The molecule has 1 heterocycles. The molecule has 1 N–H and O–H groups in total. The molecule has 3 rings (SSSR count). The van der Waals surface area contributed by atoms with Gasteiger partial charge in [0.25, 0.3) is 5.91 Å². The highest BCUT2D eigenvalue weighted by molar-refractivity contribution is 6.04. The van der Waals surface area contributed by atoms with E-state index in [1.54, 1.807) is 0 Å². The van der Waals surface area contributed by atoms with Crippen LogP contribution in [0.4, 0.5) is 27.6 Å². The summed E-state index contributed by atoms with van der Waals surface area (Å²) in [4.78, 5) is 12.1. The molecule has 0 atom stereocenters. The van der Waals surface area contributed by atoms with Gasteiger partial charge in [0.2, 0.25) is 5.89 Å². The van der Waals surface area contributed by atoms with Gasteiger partial charge in [-0.25, -0.2) is 8.78 Å². The van der Waals surface area contributed by atoms with Gasteiger partial charge in [0, 0.05) is 17.2 Å². The molecule has 134 valence electrons. The number of halogens is 5. The molecule has 10 heteroatoms. The molecular weight excluding hydrogens is 361 g/mol. The van der Waals surface area contributed by atoms with Crippen molar-refractivity contribution in [2.24, 2.45) is 0 Å². The van der Waals surface area contributed by atoms with Crippen molar-refractivity contribution in [1.82, 2.24) is 10.2 Å². The second kappa shape index (κ2) is 6.54. The number of rotatable bonds is 3. The summed E-state index contributed by atoms with van der Waals surface area (Å²) in [6, 6.07) is 7.82. The van der Waals surface area contributed by atoms with Crippen molar-refractivity contribution in [2.75, 3.05) is 5.32 Å². The zero-order chi connectivity index (χ0) is 18.9. The third-order valence-electron chi connectivity index (χ3n) is 3.24. The molecule has 0 spiro atoms. The second-order valence-corrected chi connectivity index (χ2v) is 5.07. The minimum absolute atomic E-state index is 0.0908. The van der Waals surface area contributed by atoms with Crippen molar-refractivity contribution in [3.05, 3.63) is 65.6 Å². The predicted molar refractivity (Wildman–Crippen MR) is 79.0 cm³/mol.